The molecule has 1 aliphatic rings. The number of likely N-dealkylation sites (tertiary alicyclic amines) is 1. The minimum absolute atomic E-state index is 0.488. The zero-order valence-corrected chi connectivity index (χ0v) is 13.3. The van der Waals surface area contributed by atoms with Crippen LogP contribution in [0, 0.1) is 17.3 Å². The van der Waals surface area contributed by atoms with Gasteiger partial charge in [-0.2, -0.15) is 0 Å². The smallest absolute Gasteiger partial charge is 0.00501 e. The van der Waals surface area contributed by atoms with Crippen LogP contribution in [0.15, 0.2) is 0 Å². The van der Waals surface area contributed by atoms with Crippen molar-refractivity contribution in [3.63, 3.8) is 0 Å². The Balaban J connectivity index is 2.51. The lowest BCUT2D eigenvalue weighted by atomic mass is 9.81. The average Bonchev–Trinajstić information content (AvgIpc) is 2.83. The average molecular weight is 254 g/mol. The molecule has 0 aliphatic carbocycles. The van der Waals surface area contributed by atoms with Crippen molar-refractivity contribution < 1.29 is 0 Å². The Morgan fingerprint density at radius 1 is 1.22 bits per heavy atom. The van der Waals surface area contributed by atoms with Gasteiger partial charge in [0.15, 0.2) is 0 Å². The van der Waals surface area contributed by atoms with E-state index in [2.05, 4.69) is 44.8 Å². The number of rotatable bonds is 8. The number of hydrogen-bond donors (Lipinski definition) is 1. The minimum Gasteiger partial charge on any atom is -0.316 e. The van der Waals surface area contributed by atoms with Gasteiger partial charge in [-0.15, -0.1) is 0 Å². The number of nitrogens with one attached hydrogen (secondary N) is 1. The standard InChI is InChI=1S/C16H34N2/c1-6-16(7-2,12-17-8-3)13-18-10-9-15(11-18)14(4)5/h14-15,17H,6-13H2,1-5H3. The van der Waals surface area contributed by atoms with E-state index in [9.17, 15) is 0 Å². The fraction of sp³-hybridized carbons (Fsp3) is 1.00. The molecule has 2 nitrogen and oxygen atoms in total. The summed E-state index contributed by atoms with van der Waals surface area (Å²) in [5.41, 5.74) is 0.488. The summed E-state index contributed by atoms with van der Waals surface area (Å²) in [6.07, 6.45) is 3.99. The molecule has 108 valence electrons. The Hall–Kier alpha value is -0.0800. The Morgan fingerprint density at radius 2 is 1.89 bits per heavy atom. The van der Waals surface area contributed by atoms with Gasteiger partial charge in [-0.1, -0.05) is 34.6 Å². The molecule has 1 fully saturated rings. The maximum Gasteiger partial charge on any atom is 0.00501 e. The van der Waals surface area contributed by atoms with Gasteiger partial charge in [0.25, 0.3) is 0 Å². The summed E-state index contributed by atoms with van der Waals surface area (Å²) in [5, 5.41) is 3.57. The van der Waals surface area contributed by atoms with Gasteiger partial charge in [0.05, 0.1) is 0 Å². The van der Waals surface area contributed by atoms with Crippen LogP contribution in [-0.2, 0) is 0 Å². The van der Waals surface area contributed by atoms with Crippen molar-refractivity contribution in [2.24, 2.45) is 17.3 Å². The maximum atomic E-state index is 3.57. The van der Waals surface area contributed by atoms with Crippen LogP contribution in [0.4, 0.5) is 0 Å². The molecule has 1 unspecified atom stereocenters. The lowest BCUT2D eigenvalue weighted by molar-refractivity contribution is 0.149. The molecule has 1 N–H and O–H groups in total. The fourth-order valence-corrected chi connectivity index (χ4v) is 3.19. The molecule has 1 saturated heterocycles. The lowest BCUT2D eigenvalue weighted by Gasteiger charge is -2.36. The van der Waals surface area contributed by atoms with Gasteiger partial charge in [0, 0.05) is 19.6 Å². The molecule has 0 radical (unpaired) electrons. The van der Waals surface area contributed by atoms with E-state index in [0.717, 1.165) is 18.4 Å². The Kier molecular flexibility index (Phi) is 6.65. The summed E-state index contributed by atoms with van der Waals surface area (Å²) < 4.78 is 0. The van der Waals surface area contributed by atoms with Crippen LogP contribution in [0.3, 0.4) is 0 Å². The van der Waals surface area contributed by atoms with Crippen molar-refractivity contribution in [1.82, 2.24) is 10.2 Å². The highest BCUT2D eigenvalue weighted by molar-refractivity contribution is 4.86. The normalized spacial score (nSPS) is 22.0. The Labute approximate surface area is 115 Å². The fourth-order valence-electron chi connectivity index (χ4n) is 3.19. The van der Waals surface area contributed by atoms with Gasteiger partial charge in [0.1, 0.15) is 0 Å². The lowest BCUT2D eigenvalue weighted by Crippen LogP contribution is -2.43. The summed E-state index contributed by atoms with van der Waals surface area (Å²) in [6, 6.07) is 0. The van der Waals surface area contributed by atoms with Crippen LogP contribution in [-0.4, -0.2) is 37.6 Å². The molecule has 0 saturated carbocycles. The van der Waals surface area contributed by atoms with Crippen LogP contribution < -0.4 is 5.32 Å². The maximum absolute atomic E-state index is 3.57. The van der Waals surface area contributed by atoms with Crippen molar-refractivity contribution in [3.05, 3.63) is 0 Å². The molecule has 1 atom stereocenters. The third-order valence-corrected chi connectivity index (χ3v) is 5.06. The topological polar surface area (TPSA) is 15.3 Å². The molecule has 0 aromatic carbocycles. The molecule has 0 amide bonds. The summed E-state index contributed by atoms with van der Waals surface area (Å²) in [5.74, 6) is 1.77. The Bertz CT molecular complexity index is 221. The van der Waals surface area contributed by atoms with Gasteiger partial charge >= 0.3 is 0 Å². The quantitative estimate of drug-likeness (QED) is 0.714. The van der Waals surface area contributed by atoms with Crippen molar-refractivity contribution in [2.75, 3.05) is 32.7 Å². The first-order valence-electron chi connectivity index (χ1n) is 8.00. The third kappa shape index (κ3) is 4.24. The third-order valence-electron chi connectivity index (χ3n) is 5.06. The minimum atomic E-state index is 0.488. The number of nitrogens with zero attached hydrogens (tertiary/aromatic N) is 1. The predicted molar refractivity (Wildman–Crippen MR) is 80.9 cm³/mol. The van der Waals surface area contributed by atoms with E-state index in [-0.39, 0.29) is 0 Å². The van der Waals surface area contributed by atoms with Crippen molar-refractivity contribution in [3.8, 4) is 0 Å². The van der Waals surface area contributed by atoms with Gasteiger partial charge in [-0.3, -0.25) is 0 Å². The van der Waals surface area contributed by atoms with E-state index >= 15 is 0 Å². The molecule has 18 heavy (non-hydrogen) atoms. The molecular formula is C16H34N2. The van der Waals surface area contributed by atoms with E-state index in [1.54, 1.807) is 0 Å². The predicted octanol–water partition coefficient (Wildman–Crippen LogP) is 3.38. The molecule has 0 bridgehead atoms. The van der Waals surface area contributed by atoms with E-state index in [1.165, 1.54) is 45.4 Å². The second-order valence-electron chi connectivity index (χ2n) is 6.52. The first-order chi connectivity index (χ1) is 8.56. The van der Waals surface area contributed by atoms with Gasteiger partial charge in [0.2, 0.25) is 0 Å². The van der Waals surface area contributed by atoms with Crippen LogP contribution in [0.1, 0.15) is 53.9 Å². The van der Waals surface area contributed by atoms with E-state index in [0.29, 0.717) is 5.41 Å². The highest BCUT2D eigenvalue weighted by atomic mass is 15.2. The Morgan fingerprint density at radius 3 is 2.33 bits per heavy atom. The summed E-state index contributed by atoms with van der Waals surface area (Å²) >= 11 is 0. The zero-order chi connectivity index (χ0) is 13.6. The molecule has 0 spiro atoms. The largest absolute Gasteiger partial charge is 0.316 e. The van der Waals surface area contributed by atoms with Gasteiger partial charge in [-0.05, 0) is 49.6 Å². The van der Waals surface area contributed by atoms with Crippen molar-refractivity contribution in [1.29, 1.82) is 0 Å². The molecular weight excluding hydrogens is 220 g/mol. The summed E-state index contributed by atoms with van der Waals surface area (Å²) in [7, 11) is 0. The highest BCUT2D eigenvalue weighted by Crippen LogP contribution is 2.31. The van der Waals surface area contributed by atoms with Gasteiger partial charge in [-0.25, -0.2) is 0 Å². The van der Waals surface area contributed by atoms with Crippen molar-refractivity contribution in [2.45, 2.75) is 53.9 Å². The highest BCUT2D eigenvalue weighted by Gasteiger charge is 2.32. The summed E-state index contributed by atoms with van der Waals surface area (Å²) in [6.45, 7) is 17.9. The van der Waals surface area contributed by atoms with Crippen LogP contribution >= 0.6 is 0 Å². The van der Waals surface area contributed by atoms with E-state index in [4.69, 9.17) is 0 Å². The van der Waals surface area contributed by atoms with Gasteiger partial charge < -0.3 is 10.2 Å². The number of hydrogen-bond acceptors (Lipinski definition) is 2. The summed E-state index contributed by atoms with van der Waals surface area (Å²) in [4.78, 5) is 2.72. The molecule has 0 aromatic heterocycles. The van der Waals surface area contributed by atoms with Crippen LogP contribution in [0.25, 0.3) is 0 Å². The second-order valence-corrected chi connectivity index (χ2v) is 6.52. The SMILES string of the molecule is CCNCC(CC)(CC)CN1CCC(C(C)C)C1. The van der Waals surface area contributed by atoms with Crippen LogP contribution in [0.2, 0.25) is 0 Å². The zero-order valence-electron chi connectivity index (χ0n) is 13.3. The molecule has 1 rings (SSSR count). The molecule has 2 heteroatoms. The molecule has 1 aliphatic heterocycles. The van der Waals surface area contributed by atoms with Crippen LogP contribution in [0.5, 0.6) is 0 Å². The first-order valence-corrected chi connectivity index (χ1v) is 8.00. The second kappa shape index (κ2) is 7.49. The van der Waals surface area contributed by atoms with Crippen molar-refractivity contribution >= 4 is 0 Å². The molecule has 0 aromatic rings. The monoisotopic (exact) mass is 254 g/mol. The van der Waals surface area contributed by atoms with E-state index < -0.39 is 0 Å². The molecule has 1 heterocycles. The first kappa shape index (κ1) is 16.0. The van der Waals surface area contributed by atoms with E-state index in [1.807, 2.05) is 0 Å².